The monoisotopic (exact) mass is 308 g/mol. The van der Waals surface area contributed by atoms with Gasteiger partial charge in [0.05, 0.1) is 29.7 Å². The number of amides is 2. The lowest BCUT2D eigenvalue weighted by atomic mass is 10.1. The van der Waals surface area contributed by atoms with Gasteiger partial charge in [0.2, 0.25) is 12.0 Å². The van der Waals surface area contributed by atoms with E-state index in [-0.39, 0.29) is 11.6 Å². The highest BCUT2D eigenvalue weighted by molar-refractivity contribution is 6.21. The van der Waals surface area contributed by atoms with Crippen LogP contribution in [0, 0.1) is 5.21 Å². The molecule has 1 aromatic rings. The highest BCUT2D eigenvalue weighted by Crippen LogP contribution is 2.21. The Hall–Kier alpha value is -2.68. The zero-order valence-electron chi connectivity index (χ0n) is 12.0. The quantitative estimate of drug-likeness (QED) is 0.337. The Morgan fingerprint density at radius 1 is 1.32 bits per heavy atom. The van der Waals surface area contributed by atoms with Crippen LogP contribution in [0.3, 0.4) is 0 Å². The number of hydrogen-bond acceptors (Lipinski definition) is 6. The highest BCUT2D eigenvalue weighted by atomic mass is 16.7. The summed E-state index contributed by atoms with van der Waals surface area (Å²) in [5, 5.41) is 24.6. The first-order chi connectivity index (χ1) is 10.6. The number of hydrogen-bond donors (Lipinski definition) is 1. The van der Waals surface area contributed by atoms with Gasteiger partial charge in [-0.3, -0.25) is 9.59 Å². The second-order valence-corrected chi connectivity index (χ2v) is 4.63. The summed E-state index contributed by atoms with van der Waals surface area (Å²) in [5.74, 6) is -0.969. The van der Waals surface area contributed by atoms with Crippen molar-refractivity contribution in [3.63, 3.8) is 0 Å². The number of aliphatic hydroxyl groups excluding tert-OH is 1. The number of imide groups is 1. The molecule has 22 heavy (non-hydrogen) atoms. The summed E-state index contributed by atoms with van der Waals surface area (Å²) < 4.78 is 0. The van der Waals surface area contributed by atoms with E-state index in [2.05, 4.69) is 5.28 Å². The van der Waals surface area contributed by atoms with Crippen LogP contribution in [0.1, 0.15) is 27.1 Å². The van der Waals surface area contributed by atoms with Crippen molar-refractivity contribution in [2.24, 2.45) is 5.28 Å². The minimum absolute atomic E-state index is 0.0475. The van der Waals surface area contributed by atoms with E-state index in [0.717, 1.165) is 4.90 Å². The van der Waals surface area contributed by atoms with Crippen molar-refractivity contribution < 1.29 is 24.5 Å². The van der Waals surface area contributed by atoms with Crippen molar-refractivity contribution in [1.82, 2.24) is 9.91 Å². The number of fused-ring (bicyclic) bond motifs is 1. The van der Waals surface area contributed by atoms with E-state index < -0.39 is 18.5 Å². The van der Waals surface area contributed by atoms with E-state index in [1.165, 1.54) is 12.1 Å². The van der Waals surface area contributed by atoms with E-state index in [1.807, 2.05) is 0 Å². The van der Waals surface area contributed by atoms with Gasteiger partial charge in [0.25, 0.3) is 11.8 Å². The summed E-state index contributed by atoms with van der Waals surface area (Å²) in [7, 11) is 1.47. The molecule has 0 atom stereocenters. The van der Waals surface area contributed by atoms with Gasteiger partial charge >= 0.3 is 0 Å². The number of nitrogens with zero attached hydrogens (tertiary/aromatic N) is 4. The van der Waals surface area contributed by atoms with Gasteiger partial charge in [-0.1, -0.05) is 12.1 Å². The molecule has 2 amide bonds. The summed E-state index contributed by atoms with van der Waals surface area (Å²) in [6.45, 7) is -0.202. The zero-order valence-corrected chi connectivity index (χ0v) is 12.0. The van der Waals surface area contributed by atoms with Gasteiger partial charge in [-0.2, -0.15) is 0 Å². The lowest BCUT2D eigenvalue weighted by Gasteiger charge is -2.13. The second kappa shape index (κ2) is 6.85. The van der Waals surface area contributed by atoms with Crippen LogP contribution in [0.25, 0.3) is 0 Å². The molecule has 0 bridgehead atoms. The van der Waals surface area contributed by atoms with Gasteiger partial charge in [0.15, 0.2) is 0 Å². The van der Waals surface area contributed by atoms with Gasteiger partial charge in [-0.15, -0.1) is 5.01 Å². The Morgan fingerprint density at radius 3 is 2.45 bits per heavy atom. The van der Waals surface area contributed by atoms with Gasteiger partial charge in [-0.05, 0) is 18.6 Å². The summed E-state index contributed by atoms with van der Waals surface area (Å²) in [6.07, 6.45) is 0.406. The number of aliphatic hydroxyl groups is 1. The zero-order chi connectivity index (χ0) is 16.1. The van der Waals surface area contributed by atoms with E-state index in [0.29, 0.717) is 24.1 Å². The largest absolute Gasteiger partial charge is 0.569 e. The third kappa shape index (κ3) is 3.14. The van der Waals surface area contributed by atoms with Crippen molar-refractivity contribution >= 4 is 11.8 Å². The first-order valence-corrected chi connectivity index (χ1v) is 6.63. The summed E-state index contributed by atoms with van der Waals surface area (Å²) in [4.78, 5) is 29.9. The topological polar surface area (TPSA) is 109 Å². The molecule has 0 aliphatic carbocycles. The molecule has 0 aromatic heterocycles. The minimum atomic E-state index is -0.484. The minimum Gasteiger partial charge on any atom is -0.569 e. The Kier molecular flexibility index (Phi) is 4.89. The van der Waals surface area contributed by atoms with E-state index in [1.54, 1.807) is 24.3 Å². The number of rotatable bonds is 7. The summed E-state index contributed by atoms with van der Waals surface area (Å²) >= 11 is 0. The average molecular weight is 308 g/mol. The van der Waals surface area contributed by atoms with Crippen LogP contribution in [-0.2, 0) is 4.84 Å². The van der Waals surface area contributed by atoms with Crippen LogP contribution >= 0.6 is 0 Å². The number of carbonyl (C=O) groups excluding carboxylic acids is 2. The van der Waals surface area contributed by atoms with Gasteiger partial charge in [-0.25, -0.2) is 4.90 Å². The van der Waals surface area contributed by atoms with Crippen LogP contribution in [0.2, 0.25) is 0 Å². The summed E-state index contributed by atoms with van der Waals surface area (Å²) in [5.41, 5.74) is 0.602. The maximum Gasteiger partial charge on any atom is 0.264 e. The standard InChI is InChI=1S/C13H16N4O5/c1-15(7-4-8-18)17(21)14-22-9-16-12(19)10-5-2-3-6-11(10)13(16)20/h2-3,5-6,18H,4,7-9H2,1H3/b17-14+. The molecule has 9 nitrogen and oxygen atoms in total. The molecule has 1 aliphatic heterocycles. The molecule has 0 unspecified atom stereocenters. The molecule has 1 N–H and O–H groups in total. The summed E-state index contributed by atoms with van der Waals surface area (Å²) in [6, 6.07) is 6.42. The van der Waals surface area contributed by atoms with Crippen molar-refractivity contribution in [2.45, 2.75) is 6.42 Å². The second-order valence-electron chi connectivity index (χ2n) is 4.63. The Morgan fingerprint density at radius 2 is 1.91 bits per heavy atom. The van der Waals surface area contributed by atoms with E-state index in [4.69, 9.17) is 9.94 Å². The SMILES string of the molecule is CN(CCCO)/[N+]([O-])=N\OCN1C(=O)c2ccccc2C1=O. The number of benzene rings is 1. The lowest BCUT2D eigenvalue weighted by molar-refractivity contribution is -0.705. The van der Waals surface area contributed by atoms with Gasteiger partial charge < -0.3 is 15.2 Å². The molecule has 9 heteroatoms. The van der Waals surface area contributed by atoms with Crippen LogP contribution in [0.15, 0.2) is 29.5 Å². The number of carbonyl (C=O) groups is 2. The van der Waals surface area contributed by atoms with Crippen LogP contribution in [0.5, 0.6) is 0 Å². The van der Waals surface area contributed by atoms with Crippen LogP contribution in [0.4, 0.5) is 0 Å². The molecular weight excluding hydrogens is 292 g/mol. The predicted molar refractivity (Wildman–Crippen MR) is 73.3 cm³/mol. The fourth-order valence-corrected chi connectivity index (χ4v) is 1.94. The fourth-order valence-electron chi connectivity index (χ4n) is 1.94. The molecule has 1 heterocycles. The number of hydrazine groups is 1. The molecule has 0 radical (unpaired) electrons. The van der Waals surface area contributed by atoms with Crippen molar-refractivity contribution in [3.8, 4) is 0 Å². The van der Waals surface area contributed by atoms with Gasteiger partial charge in [0.1, 0.15) is 0 Å². The molecule has 1 aliphatic rings. The van der Waals surface area contributed by atoms with Crippen molar-refractivity contribution in [1.29, 1.82) is 0 Å². The first-order valence-electron chi connectivity index (χ1n) is 6.63. The van der Waals surface area contributed by atoms with Crippen LogP contribution in [-0.4, -0.2) is 58.7 Å². The van der Waals surface area contributed by atoms with E-state index in [9.17, 15) is 14.8 Å². The smallest absolute Gasteiger partial charge is 0.264 e. The normalized spacial score (nSPS) is 14.3. The van der Waals surface area contributed by atoms with Crippen molar-refractivity contribution in [3.05, 3.63) is 40.6 Å². The molecule has 1 aromatic carbocycles. The molecule has 0 spiro atoms. The molecule has 118 valence electrons. The first kappa shape index (κ1) is 15.7. The maximum absolute atomic E-state index is 12.0. The Labute approximate surface area is 126 Å². The molecular formula is C13H16N4O5. The maximum atomic E-state index is 12.0. The van der Waals surface area contributed by atoms with E-state index >= 15 is 0 Å². The Balaban J connectivity index is 1.93. The predicted octanol–water partition coefficient (Wildman–Crippen LogP) is 0.363. The Bertz CT molecular complexity index is 569. The third-order valence-electron chi connectivity index (χ3n) is 3.12. The van der Waals surface area contributed by atoms with Crippen LogP contribution < -0.4 is 0 Å². The van der Waals surface area contributed by atoms with Gasteiger partial charge in [0, 0.05) is 6.61 Å². The highest BCUT2D eigenvalue weighted by Gasteiger charge is 2.35. The molecule has 0 fully saturated rings. The lowest BCUT2D eigenvalue weighted by Crippen LogP contribution is -2.32. The van der Waals surface area contributed by atoms with Crippen molar-refractivity contribution in [2.75, 3.05) is 26.9 Å². The molecule has 0 saturated heterocycles. The average Bonchev–Trinajstić information content (AvgIpc) is 2.77. The fraction of sp³-hybridized carbons (Fsp3) is 0.385. The third-order valence-corrected chi connectivity index (χ3v) is 3.12. The molecule has 0 saturated carbocycles. The molecule has 2 rings (SSSR count).